The number of halogens is 2. The number of esters is 1. The zero-order valence-electron chi connectivity index (χ0n) is 9.26. The highest BCUT2D eigenvalue weighted by Crippen LogP contribution is 2.18. The number of carbonyl (C=O) groups excluding carboxylic acids is 1. The smallest absolute Gasteiger partial charge is 0.302 e. The largest absolute Gasteiger partial charge is 0.462 e. The van der Waals surface area contributed by atoms with Gasteiger partial charge in [0.05, 0.1) is 0 Å². The number of nitrogens with zero attached hydrogens (tertiary/aromatic N) is 4. The van der Waals surface area contributed by atoms with Crippen molar-refractivity contribution in [3.63, 3.8) is 0 Å². The maximum atomic E-state index is 10.6. The van der Waals surface area contributed by atoms with Crippen molar-refractivity contribution < 1.29 is 14.4 Å². The van der Waals surface area contributed by atoms with Crippen molar-refractivity contribution >= 4 is 51.3 Å². The van der Waals surface area contributed by atoms with E-state index in [1.165, 1.54) is 18.0 Å². The van der Waals surface area contributed by atoms with Gasteiger partial charge in [0.2, 0.25) is 5.65 Å². The van der Waals surface area contributed by atoms with E-state index < -0.39 is 0 Å². The molecule has 0 radical (unpaired) electrons. The zero-order valence-corrected chi connectivity index (χ0v) is 12.2. The molecule has 2 aromatic rings. The van der Waals surface area contributed by atoms with E-state index in [1.54, 1.807) is 0 Å². The Hall–Kier alpha value is -1.16. The number of hydrogen-bond acceptors (Lipinski definition) is 6. The number of aromatic nitrogens is 4. The highest BCUT2D eigenvalue weighted by molar-refractivity contribution is 14.1. The summed E-state index contributed by atoms with van der Waals surface area (Å²) in [5.41, 5.74) is 0.937. The third-order valence-corrected chi connectivity index (χ3v) is 2.66. The van der Waals surface area contributed by atoms with Gasteiger partial charge < -0.3 is 9.57 Å². The summed E-state index contributed by atoms with van der Waals surface area (Å²) >= 11 is 7.87. The lowest BCUT2D eigenvalue weighted by atomic mass is 10.6. The minimum atomic E-state index is -0.353. The lowest BCUT2D eigenvalue weighted by Crippen LogP contribution is -2.17. The maximum absolute atomic E-state index is 10.6. The van der Waals surface area contributed by atoms with Crippen LogP contribution in [-0.2, 0) is 9.53 Å². The highest BCUT2D eigenvalue weighted by atomic mass is 127. The van der Waals surface area contributed by atoms with E-state index in [0.29, 0.717) is 15.0 Å². The van der Waals surface area contributed by atoms with Gasteiger partial charge in [0, 0.05) is 29.5 Å². The molecule has 0 aliphatic rings. The molecule has 2 aromatic heterocycles. The first-order valence-electron chi connectivity index (χ1n) is 4.90. The van der Waals surface area contributed by atoms with Gasteiger partial charge in [-0.05, 0) is 0 Å². The molecule has 0 aliphatic heterocycles. The molecule has 0 aromatic carbocycles. The van der Waals surface area contributed by atoms with Gasteiger partial charge in [-0.2, -0.15) is 9.71 Å². The Morgan fingerprint density at radius 2 is 2.28 bits per heavy atom. The molecule has 2 heterocycles. The van der Waals surface area contributed by atoms with Gasteiger partial charge in [-0.3, -0.25) is 4.79 Å². The molecule has 0 spiro atoms. The molecule has 0 atom stereocenters. The quantitative estimate of drug-likeness (QED) is 0.259. The Balaban J connectivity index is 2.12. The van der Waals surface area contributed by atoms with Gasteiger partial charge in [0.15, 0.2) is 8.98 Å². The van der Waals surface area contributed by atoms with Crippen molar-refractivity contribution in [3.05, 3.63) is 15.3 Å². The minimum Gasteiger partial charge on any atom is -0.462 e. The van der Waals surface area contributed by atoms with E-state index in [-0.39, 0.29) is 24.3 Å². The molecule has 96 valence electrons. The average Bonchev–Trinajstić information content (AvgIpc) is 2.67. The number of rotatable bonds is 4. The van der Waals surface area contributed by atoms with Gasteiger partial charge in [0.1, 0.15) is 25.1 Å². The van der Waals surface area contributed by atoms with E-state index in [9.17, 15) is 4.79 Å². The third-order valence-electron chi connectivity index (χ3n) is 1.92. The second-order valence-electron chi connectivity index (χ2n) is 3.20. The van der Waals surface area contributed by atoms with Crippen LogP contribution in [0.5, 0.6) is 0 Å². The van der Waals surface area contributed by atoms with Crippen LogP contribution in [0.4, 0.5) is 0 Å². The Labute approximate surface area is 121 Å². The molecule has 9 heteroatoms. The summed E-state index contributed by atoms with van der Waals surface area (Å²) in [6, 6.07) is 0. The van der Waals surface area contributed by atoms with Gasteiger partial charge in [-0.1, -0.05) is 11.6 Å². The lowest BCUT2D eigenvalue weighted by Gasteiger charge is -2.06. The first-order chi connectivity index (χ1) is 8.58. The van der Waals surface area contributed by atoms with Crippen LogP contribution >= 0.6 is 34.2 Å². The Morgan fingerprint density at radius 1 is 1.50 bits per heavy atom. The number of imidazole rings is 1. The van der Waals surface area contributed by atoms with Gasteiger partial charge in [-0.15, -0.1) is 0 Å². The predicted octanol–water partition coefficient (Wildman–Crippen LogP) is 1.08. The van der Waals surface area contributed by atoms with Crippen molar-refractivity contribution in [3.8, 4) is 0 Å². The van der Waals surface area contributed by atoms with E-state index in [0.717, 1.165) is 0 Å². The second kappa shape index (κ2) is 5.65. The van der Waals surface area contributed by atoms with Crippen molar-refractivity contribution in [2.75, 3.05) is 13.2 Å². The zero-order chi connectivity index (χ0) is 13.1. The molecule has 0 amide bonds. The molecule has 18 heavy (non-hydrogen) atoms. The molecular formula is C9H8ClIN4O3. The van der Waals surface area contributed by atoms with Crippen molar-refractivity contribution in [1.29, 1.82) is 0 Å². The number of carbonyl (C=O) groups is 1. The molecular weight excluding hydrogens is 374 g/mol. The van der Waals surface area contributed by atoms with E-state index in [1.807, 2.05) is 22.6 Å². The Kier molecular flexibility index (Phi) is 4.17. The van der Waals surface area contributed by atoms with Crippen LogP contribution in [0, 0.1) is 3.83 Å². The molecule has 0 saturated carbocycles. The fourth-order valence-electron chi connectivity index (χ4n) is 1.24. The summed E-state index contributed by atoms with van der Waals surface area (Å²) < 4.78 is 6.61. The maximum Gasteiger partial charge on any atom is 0.302 e. The molecule has 0 saturated heterocycles. The second-order valence-corrected chi connectivity index (χ2v) is 4.52. The van der Waals surface area contributed by atoms with Crippen molar-refractivity contribution in [2.24, 2.45) is 0 Å². The molecule has 2 rings (SSSR count). The molecule has 0 N–H and O–H groups in total. The molecule has 0 unspecified atom stereocenters. The Bertz CT molecular complexity index is 588. The Morgan fingerprint density at radius 3 is 3.00 bits per heavy atom. The molecule has 0 fully saturated rings. The van der Waals surface area contributed by atoms with Crippen LogP contribution < -0.4 is 4.84 Å². The van der Waals surface area contributed by atoms with Crippen molar-refractivity contribution in [2.45, 2.75) is 6.92 Å². The summed E-state index contributed by atoms with van der Waals surface area (Å²) in [7, 11) is 0. The molecule has 7 nitrogen and oxygen atoms in total. The van der Waals surface area contributed by atoms with Gasteiger partial charge in [-0.25, -0.2) is 9.97 Å². The number of fused-ring (bicyclic) bond motifs is 1. The summed E-state index contributed by atoms with van der Waals surface area (Å²) in [5.74, 6) is -0.353. The van der Waals surface area contributed by atoms with Crippen LogP contribution in [0.25, 0.3) is 11.2 Å². The summed E-state index contributed by atoms with van der Waals surface area (Å²) in [4.78, 5) is 28.1. The molecule has 0 aliphatic carbocycles. The molecule has 0 bridgehead atoms. The van der Waals surface area contributed by atoms with Gasteiger partial charge >= 0.3 is 5.97 Å². The normalized spacial score (nSPS) is 10.6. The fourth-order valence-corrected chi connectivity index (χ4v) is 2.06. The number of hydrogen-bond donors (Lipinski definition) is 0. The minimum absolute atomic E-state index is 0.158. The standard InChI is InChI=1S/C9H8ClIN4O3/c1-5(16)17-2-3-18-15-4-12-6-7(10)13-9(11)14-8(6)15/h4H,2-3H2,1H3. The first kappa shape index (κ1) is 13.3. The van der Waals surface area contributed by atoms with Crippen LogP contribution in [0.15, 0.2) is 6.33 Å². The summed E-state index contributed by atoms with van der Waals surface area (Å²) in [6.07, 6.45) is 1.44. The van der Waals surface area contributed by atoms with E-state index >= 15 is 0 Å². The lowest BCUT2D eigenvalue weighted by molar-refractivity contribution is -0.142. The van der Waals surface area contributed by atoms with E-state index in [4.69, 9.17) is 21.2 Å². The fraction of sp³-hybridized carbons (Fsp3) is 0.333. The van der Waals surface area contributed by atoms with Crippen LogP contribution in [-0.4, -0.2) is 38.9 Å². The SMILES string of the molecule is CC(=O)OCCOn1cnc2c(Cl)nc(I)nc21. The summed E-state index contributed by atoms with van der Waals surface area (Å²) in [5, 5.41) is 0.270. The monoisotopic (exact) mass is 382 g/mol. The predicted molar refractivity (Wildman–Crippen MR) is 71.1 cm³/mol. The highest BCUT2D eigenvalue weighted by Gasteiger charge is 2.11. The third kappa shape index (κ3) is 2.99. The van der Waals surface area contributed by atoms with Crippen LogP contribution in [0.1, 0.15) is 6.92 Å². The van der Waals surface area contributed by atoms with Crippen molar-refractivity contribution in [1.82, 2.24) is 19.7 Å². The topological polar surface area (TPSA) is 79.1 Å². The van der Waals surface area contributed by atoms with E-state index in [2.05, 4.69) is 15.0 Å². The summed E-state index contributed by atoms with van der Waals surface area (Å²) in [6.45, 7) is 1.69. The number of ether oxygens (including phenoxy) is 1. The average molecular weight is 383 g/mol. The van der Waals surface area contributed by atoms with Gasteiger partial charge in [0.25, 0.3) is 0 Å². The van der Waals surface area contributed by atoms with Crippen LogP contribution in [0.3, 0.4) is 0 Å². The van der Waals surface area contributed by atoms with Crippen LogP contribution in [0.2, 0.25) is 5.15 Å². The first-order valence-corrected chi connectivity index (χ1v) is 6.36.